The Morgan fingerprint density at radius 1 is 1.29 bits per heavy atom. The zero-order chi connectivity index (χ0) is 15.4. The van der Waals surface area contributed by atoms with Crippen molar-refractivity contribution >= 4 is 33.2 Å². The molecule has 1 amide bonds. The van der Waals surface area contributed by atoms with E-state index in [4.69, 9.17) is 10.5 Å². The molecule has 0 aliphatic heterocycles. The summed E-state index contributed by atoms with van der Waals surface area (Å²) < 4.78 is 6.43. The highest BCUT2D eigenvalue weighted by Gasteiger charge is 2.16. The van der Waals surface area contributed by atoms with E-state index in [0.717, 1.165) is 15.7 Å². The van der Waals surface area contributed by atoms with Crippen LogP contribution in [0.5, 0.6) is 5.75 Å². The highest BCUT2D eigenvalue weighted by Crippen LogP contribution is 2.29. The second-order valence-corrected chi connectivity index (χ2v) is 5.38. The van der Waals surface area contributed by atoms with E-state index in [-0.39, 0.29) is 5.91 Å². The van der Waals surface area contributed by atoms with Gasteiger partial charge < -0.3 is 15.8 Å². The zero-order valence-corrected chi connectivity index (χ0v) is 13.5. The molecule has 0 bridgehead atoms. The fourth-order valence-electron chi connectivity index (χ4n) is 1.97. The van der Waals surface area contributed by atoms with Crippen molar-refractivity contribution < 1.29 is 9.53 Å². The van der Waals surface area contributed by atoms with Gasteiger partial charge in [0.2, 0.25) is 0 Å². The van der Waals surface area contributed by atoms with E-state index >= 15 is 0 Å². The molecule has 0 heterocycles. The molecule has 0 spiro atoms. The minimum atomic E-state index is -0.244. The predicted octanol–water partition coefficient (Wildman–Crippen LogP) is 3.99. The summed E-state index contributed by atoms with van der Waals surface area (Å²) in [6.45, 7) is 4.24. The Morgan fingerprint density at radius 3 is 2.71 bits per heavy atom. The summed E-state index contributed by atoms with van der Waals surface area (Å²) in [5.41, 5.74) is 8.48. The summed E-state index contributed by atoms with van der Waals surface area (Å²) in [6, 6.07) is 10.8. The smallest absolute Gasteiger partial charge is 0.259 e. The van der Waals surface area contributed by atoms with E-state index in [1.807, 2.05) is 32.0 Å². The van der Waals surface area contributed by atoms with Crippen molar-refractivity contribution in [3.05, 3.63) is 52.0 Å². The lowest BCUT2D eigenvalue weighted by molar-refractivity contribution is 0.102. The van der Waals surface area contributed by atoms with Crippen molar-refractivity contribution in [2.45, 2.75) is 13.8 Å². The van der Waals surface area contributed by atoms with Gasteiger partial charge in [0.05, 0.1) is 17.9 Å². The van der Waals surface area contributed by atoms with E-state index in [1.165, 1.54) is 0 Å². The average molecular weight is 349 g/mol. The minimum absolute atomic E-state index is 0.244. The predicted molar refractivity (Wildman–Crippen MR) is 88.9 cm³/mol. The van der Waals surface area contributed by atoms with Crippen LogP contribution < -0.4 is 15.8 Å². The van der Waals surface area contributed by atoms with Gasteiger partial charge in [-0.05, 0) is 43.7 Å². The van der Waals surface area contributed by atoms with Crippen LogP contribution in [0.15, 0.2) is 40.9 Å². The van der Waals surface area contributed by atoms with Crippen LogP contribution in [0, 0.1) is 6.92 Å². The number of benzene rings is 2. The molecule has 0 radical (unpaired) electrons. The van der Waals surface area contributed by atoms with E-state index in [9.17, 15) is 4.79 Å². The van der Waals surface area contributed by atoms with Gasteiger partial charge in [0.1, 0.15) is 0 Å². The SMILES string of the molecule is CCOc1c(N)cccc1C(=O)Nc1cccc(Br)c1C. The first kappa shape index (κ1) is 15.4. The monoisotopic (exact) mass is 348 g/mol. The van der Waals surface area contributed by atoms with Crippen molar-refractivity contribution in [3.8, 4) is 5.75 Å². The summed E-state index contributed by atoms with van der Waals surface area (Å²) in [5, 5.41) is 2.89. The van der Waals surface area contributed by atoms with E-state index in [0.29, 0.717) is 23.6 Å². The maximum Gasteiger partial charge on any atom is 0.259 e. The molecule has 0 saturated heterocycles. The van der Waals surface area contributed by atoms with E-state index in [1.54, 1.807) is 18.2 Å². The first-order chi connectivity index (χ1) is 10.0. The molecule has 5 heteroatoms. The van der Waals surface area contributed by atoms with Crippen molar-refractivity contribution in [1.29, 1.82) is 0 Å². The van der Waals surface area contributed by atoms with Gasteiger partial charge in [0.25, 0.3) is 5.91 Å². The molecule has 0 atom stereocenters. The topological polar surface area (TPSA) is 64.3 Å². The Kier molecular flexibility index (Phi) is 4.85. The summed E-state index contributed by atoms with van der Waals surface area (Å²) in [7, 11) is 0. The number of carbonyl (C=O) groups is 1. The molecule has 2 rings (SSSR count). The van der Waals surface area contributed by atoms with Gasteiger partial charge in [0, 0.05) is 10.2 Å². The number of hydrogen-bond donors (Lipinski definition) is 2. The summed E-state index contributed by atoms with van der Waals surface area (Å²) >= 11 is 3.45. The van der Waals surface area contributed by atoms with Crippen LogP contribution in [0.4, 0.5) is 11.4 Å². The van der Waals surface area contributed by atoms with Crippen molar-refractivity contribution in [3.63, 3.8) is 0 Å². The highest BCUT2D eigenvalue weighted by atomic mass is 79.9. The fraction of sp³-hybridized carbons (Fsp3) is 0.188. The quantitative estimate of drug-likeness (QED) is 0.821. The Bertz CT molecular complexity index is 671. The second kappa shape index (κ2) is 6.63. The largest absolute Gasteiger partial charge is 0.491 e. The maximum absolute atomic E-state index is 12.5. The molecule has 110 valence electrons. The lowest BCUT2D eigenvalue weighted by Crippen LogP contribution is -2.15. The number of anilines is 2. The van der Waals surface area contributed by atoms with Crippen LogP contribution in [0.25, 0.3) is 0 Å². The Labute approximate surface area is 132 Å². The second-order valence-electron chi connectivity index (χ2n) is 4.52. The molecule has 4 nitrogen and oxygen atoms in total. The molecular weight excluding hydrogens is 332 g/mol. The van der Waals surface area contributed by atoms with E-state index < -0.39 is 0 Å². The van der Waals surface area contributed by atoms with Crippen LogP contribution in [0.3, 0.4) is 0 Å². The molecule has 0 aliphatic rings. The molecule has 3 N–H and O–H groups in total. The summed E-state index contributed by atoms with van der Waals surface area (Å²) in [6.07, 6.45) is 0. The number of nitrogens with two attached hydrogens (primary N) is 1. The highest BCUT2D eigenvalue weighted by molar-refractivity contribution is 9.10. The van der Waals surface area contributed by atoms with Crippen LogP contribution >= 0.6 is 15.9 Å². The number of rotatable bonds is 4. The van der Waals surface area contributed by atoms with Gasteiger partial charge in [0.15, 0.2) is 5.75 Å². The molecule has 0 unspecified atom stereocenters. The molecular formula is C16H17BrN2O2. The van der Waals surface area contributed by atoms with Crippen molar-refractivity contribution in [2.75, 3.05) is 17.7 Å². The molecule has 0 aliphatic carbocycles. The Balaban J connectivity index is 2.33. The van der Waals surface area contributed by atoms with Gasteiger partial charge in [-0.15, -0.1) is 0 Å². The number of amides is 1. The van der Waals surface area contributed by atoms with Gasteiger partial charge in [-0.1, -0.05) is 28.1 Å². The first-order valence-corrected chi connectivity index (χ1v) is 7.41. The van der Waals surface area contributed by atoms with Gasteiger partial charge in [-0.2, -0.15) is 0 Å². The fourth-order valence-corrected chi connectivity index (χ4v) is 2.34. The standard InChI is InChI=1S/C16H17BrN2O2/c1-3-21-15-11(6-4-8-13(15)18)16(20)19-14-9-5-7-12(17)10(14)2/h4-9H,3,18H2,1-2H3,(H,19,20). The lowest BCUT2D eigenvalue weighted by atomic mass is 10.1. The average Bonchev–Trinajstić information content (AvgIpc) is 2.46. The molecule has 0 fully saturated rings. The third-order valence-corrected chi connectivity index (χ3v) is 3.95. The minimum Gasteiger partial charge on any atom is -0.491 e. The molecule has 21 heavy (non-hydrogen) atoms. The number of ether oxygens (including phenoxy) is 1. The van der Waals surface area contributed by atoms with Crippen LogP contribution in [0.2, 0.25) is 0 Å². The number of carbonyl (C=O) groups excluding carboxylic acids is 1. The van der Waals surface area contributed by atoms with E-state index in [2.05, 4.69) is 21.2 Å². The number of halogens is 1. The first-order valence-electron chi connectivity index (χ1n) is 6.62. The molecule has 0 saturated carbocycles. The van der Waals surface area contributed by atoms with Gasteiger partial charge >= 0.3 is 0 Å². The molecule has 0 aromatic heterocycles. The number of nitrogens with one attached hydrogen (secondary N) is 1. The normalized spacial score (nSPS) is 10.2. The number of hydrogen-bond acceptors (Lipinski definition) is 3. The van der Waals surface area contributed by atoms with Gasteiger partial charge in [-0.25, -0.2) is 0 Å². The van der Waals surface area contributed by atoms with Crippen molar-refractivity contribution in [2.24, 2.45) is 0 Å². The van der Waals surface area contributed by atoms with Crippen molar-refractivity contribution in [1.82, 2.24) is 0 Å². The zero-order valence-electron chi connectivity index (χ0n) is 11.9. The van der Waals surface area contributed by atoms with Crippen LogP contribution in [-0.4, -0.2) is 12.5 Å². The summed E-state index contributed by atoms with van der Waals surface area (Å²) in [4.78, 5) is 12.5. The van der Waals surface area contributed by atoms with Gasteiger partial charge in [-0.3, -0.25) is 4.79 Å². The maximum atomic E-state index is 12.5. The molecule has 2 aromatic carbocycles. The van der Waals surface area contributed by atoms with Crippen LogP contribution in [0.1, 0.15) is 22.8 Å². The summed E-state index contributed by atoms with van der Waals surface area (Å²) in [5.74, 6) is 0.178. The van der Waals surface area contributed by atoms with Crippen LogP contribution in [-0.2, 0) is 0 Å². The lowest BCUT2D eigenvalue weighted by Gasteiger charge is -2.14. The number of para-hydroxylation sites is 1. The third kappa shape index (κ3) is 3.36. The molecule has 2 aromatic rings. The Morgan fingerprint density at radius 2 is 2.00 bits per heavy atom. The third-order valence-electron chi connectivity index (χ3n) is 3.09. The Hall–Kier alpha value is -2.01. The number of nitrogen functional groups attached to an aromatic ring is 1.